The Morgan fingerprint density at radius 2 is 2.50 bits per heavy atom. The Kier molecular flexibility index (Phi) is 3.70. The second kappa shape index (κ2) is 4.80. The number of aliphatic carboxylic acids is 1. The van der Waals surface area contributed by atoms with Crippen LogP contribution in [-0.4, -0.2) is 26.8 Å². The van der Waals surface area contributed by atoms with Crippen LogP contribution in [0.15, 0.2) is 22.2 Å². The predicted molar refractivity (Wildman–Crippen MR) is 52.4 cm³/mol. The minimum atomic E-state index is -0.871. The van der Waals surface area contributed by atoms with Crippen LogP contribution in [0.1, 0.15) is 6.92 Å². The highest BCUT2D eigenvalue weighted by atomic mass is 32.2. The van der Waals surface area contributed by atoms with Crippen molar-refractivity contribution in [2.45, 2.75) is 11.9 Å². The van der Waals surface area contributed by atoms with Crippen molar-refractivity contribution in [3.8, 4) is 0 Å². The fourth-order valence-electron chi connectivity index (χ4n) is 0.716. The first-order chi connectivity index (χ1) is 6.61. The van der Waals surface area contributed by atoms with Gasteiger partial charge in [-0.3, -0.25) is 9.59 Å². The van der Waals surface area contributed by atoms with E-state index >= 15 is 0 Å². The number of nitrogens with one attached hydrogen (secondary N) is 1. The standard InChI is InChI=1S/C8H10N2O3S/c1-5(8(12)13)4-14-7-6(11)9-2-3-10-7/h2-3,5H,4H2,1H3,(H,9,11)(H,12,13). The van der Waals surface area contributed by atoms with Crippen molar-refractivity contribution in [2.24, 2.45) is 5.92 Å². The van der Waals surface area contributed by atoms with E-state index in [0.29, 0.717) is 10.8 Å². The first kappa shape index (κ1) is 10.8. The molecule has 0 aliphatic heterocycles. The van der Waals surface area contributed by atoms with E-state index in [1.54, 1.807) is 6.92 Å². The summed E-state index contributed by atoms with van der Waals surface area (Å²) in [6, 6.07) is 0. The average molecular weight is 214 g/mol. The van der Waals surface area contributed by atoms with Gasteiger partial charge in [-0.15, -0.1) is 0 Å². The monoisotopic (exact) mass is 214 g/mol. The molecule has 0 radical (unpaired) electrons. The molecule has 14 heavy (non-hydrogen) atoms. The molecule has 6 heteroatoms. The third-order valence-corrected chi connectivity index (χ3v) is 2.80. The first-order valence-corrected chi connectivity index (χ1v) is 4.99. The van der Waals surface area contributed by atoms with Gasteiger partial charge in [0, 0.05) is 18.1 Å². The largest absolute Gasteiger partial charge is 0.481 e. The number of carbonyl (C=O) groups is 1. The van der Waals surface area contributed by atoms with E-state index < -0.39 is 11.9 Å². The third kappa shape index (κ3) is 2.88. The molecule has 0 aromatic carbocycles. The van der Waals surface area contributed by atoms with Gasteiger partial charge in [0.1, 0.15) is 0 Å². The van der Waals surface area contributed by atoms with Gasteiger partial charge in [0.15, 0.2) is 5.03 Å². The van der Waals surface area contributed by atoms with E-state index in [1.165, 1.54) is 12.4 Å². The number of carboxylic acid groups (broad SMARTS) is 1. The van der Waals surface area contributed by atoms with Gasteiger partial charge < -0.3 is 10.1 Å². The summed E-state index contributed by atoms with van der Waals surface area (Å²) in [4.78, 5) is 27.9. The number of carboxylic acids is 1. The van der Waals surface area contributed by atoms with E-state index in [4.69, 9.17) is 5.11 Å². The van der Waals surface area contributed by atoms with Crippen molar-refractivity contribution in [1.29, 1.82) is 0 Å². The quantitative estimate of drug-likeness (QED) is 0.716. The predicted octanol–water partition coefficient (Wildman–Crippen LogP) is 0.583. The van der Waals surface area contributed by atoms with Crippen molar-refractivity contribution in [1.82, 2.24) is 9.97 Å². The Bertz CT molecular complexity index is 377. The second-order valence-electron chi connectivity index (χ2n) is 2.77. The molecule has 1 aromatic rings. The lowest BCUT2D eigenvalue weighted by Crippen LogP contribution is -2.14. The maximum atomic E-state index is 11.1. The Hall–Kier alpha value is -1.30. The van der Waals surface area contributed by atoms with Gasteiger partial charge in [-0.25, -0.2) is 4.98 Å². The molecule has 1 atom stereocenters. The highest BCUT2D eigenvalue weighted by molar-refractivity contribution is 7.99. The van der Waals surface area contributed by atoms with E-state index in [1.807, 2.05) is 0 Å². The fraction of sp³-hybridized carbons (Fsp3) is 0.375. The number of H-pyrrole nitrogens is 1. The Morgan fingerprint density at radius 3 is 3.07 bits per heavy atom. The second-order valence-corrected chi connectivity index (χ2v) is 3.78. The summed E-state index contributed by atoms with van der Waals surface area (Å²) in [6.45, 7) is 1.59. The molecule has 1 unspecified atom stereocenters. The van der Waals surface area contributed by atoms with E-state index in [9.17, 15) is 9.59 Å². The summed E-state index contributed by atoms with van der Waals surface area (Å²) in [6.07, 6.45) is 2.90. The summed E-state index contributed by atoms with van der Waals surface area (Å²) in [5, 5.41) is 8.92. The van der Waals surface area contributed by atoms with Crippen LogP contribution in [0.2, 0.25) is 0 Å². The maximum absolute atomic E-state index is 11.1. The number of hydrogen-bond donors (Lipinski definition) is 2. The summed E-state index contributed by atoms with van der Waals surface area (Å²) < 4.78 is 0. The van der Waals surface area contributed by atoms with Crippen LogP contribution in [-0.2, 0) is 4.79 Å². The van der Waals surface area contributed by atoms with Gasteiger partial charge in [0.25, 0.3) is 5.56 Å². The molecule has 1 aromatic heterocycles. The van der Waals surface area contributed by atoms with Crippen molar-refractivity contribution in [3.05, 3.63) is 22.7 Å². The van der Waals surface area contributed by atoms with Crippen LogP contribution in [0.4, 0.5) is 0 Å². The van der Waals surface area contributed by atoms with Crippen LogP contribution >= 0.6 is 11.8 Å². The highest BCUT2D eigenvalue weighted by Crippen LogP contribution is 2.14. The number of rotatable bonds is 4. The summed E-state index contributed by atoms with van der Waals surface area (Å²) >= 11 is 1.15. The molecular weight excluding hydrogens is 204 g/mol. The lowest BCUT2D eigenvalue weighted by molar-refractivity contribution is -0.140. The van der Waals surface area contributed by atoms with Gasteiger partial charge >= 0.3 is 5.97 Å². The third-order valence-electron chi connectivity index (χ3n) is 1.57. The van der Waals surface area contributed by atoms with E-state index in [-0.39, 0.29) is 5.56 Å². The summed E-state index contributed by atoms with van der Waals surface area (Å²) in [5.41, 5.74) is -0.282. The normalized spacial score (nSPS) is 12.4. The van der Waals surface area contributed by atoms with Gasteiger partial charge in [0.2, 0.25) is 0 Å². The Labute approximate surface area is 84.6 Å². The van der Waals surface area contributed by atoms with Crippen LogP contribution < -0.4 is 5.56 Å². The van der Waals surface area contributed by atoms with Crippen LogP contribution in [0, 0.1) is 5.92 Å². The molecule has 0 spiro atoms. The van der Waals surface area contributed by atoms with E-state index in [0.717, 1.165) is 11.8 Å². The van der Waals surface area contributed by atoms with Crippen molar-refractivity contribution in [2.75, 3.05) is 5.75 Å². The molecule has 0 bridgehead atoms. The van der Waals surface area contributed by atoms with Crippen LogP contribution in [0.3, 0.4) is 0 Å². The number of hydrogen-bond acceptors (Lipinski definition) is 4. The van der Waals surface area contributed by atoms with Crippen molar-refractivity contribution < 1.29 is 9.90 Å². The molecule has 0 aliphatic rings. The minimum Gasteiger partial charge on any atom is -0.481 e. The molecule has 1 heterocycles. The molecule has 1 rings (SSSR count). The van der Waals surface area contributed by atoms with E-state index in [2.05, 4.69) is 9.97 Å². The smallest absolute Gasteiger partial charge is 0.307 e. The number of nitrogens with zero attached hydrogens (tertiary/aromatic N) is 1. The fourth-order valence-corrected chi connectivity index (χ4v) is 1.59. The molecule has 0 amide bonds. The Morgan fingerprint density at radius 1 is 1.79 bits per heavy atom. The number of aromatic nitrogens is 2. The van der Waals surface area contributed by atoms with Crippen LogP contribution in [0.25, 0.3) is 0 Å². The molecule has 5 nitrogen and oxygen atoms in total. The summed E-state index contributed by atoms with van der Waals surface area (Å²) in [5.74, 6) is -1.01. The molecule has 0 fully saturated rings. The summed E-state index contributed by atoms with van der Waals surface area (Å²) in [7, 11) is 0. The first-order valence-electron chi connectivity index (χ1n) is 4.00. The van der Waals surface area contributed by atoms with Gasteiger partial charge in [0.05, 0.1) is 5.92 Å². The van der Waals surface area contributed by atoms with Gasteiger partial charge in [-0.05, 0) is 0 Å². The maximum Gasteiger partial charge on any atom is 0.307 e. The highest BCUT2D eigenvalue weighted by Gasteiger charge is 2.12. The SMILES string of the molecule is CC(CSc1ncc[nH]c1=O)C(=O)O. The van der Waals surface area contributed by atoms with Gasteiger partial charge in [-0.1, -0.05) is 18.7 Å². The zero-order valence-corrected chi connectivity index (χ0v) is 8.37. The lowest BCUT2D eigenvalue weighted by atomic mass is 10.2. The number of thioether (sulfide) groups is 1. The molecule has 76 valence electrons. The molecule has 2 N–H and O–H groups in total. The van der Waals surface area contributed by atoms with Gasteiger partial charge in [-0.2, -0.15) is 0 Å². The number of aromatic amines is 1. The topological polar surface area (TPSA) is 83.0 Å². The Balaban J connectivity index is 2.58. The minimum absolute atomic E-state index is 0.282. The van der Waals surface area contributed by atoms with Crippen molar-refractivity contribution >= 4 is 17.7 Å². The lowest BCUT2D eigenvalue weighted by Gasteiger charge is -2.03. The van der Waals surface area contributed by atoms with Crippen molar-refractivity contribution in [3.63, 3.8) is 0 Å². The molecular formula is C8H10N2O3S. The average Bonchev–Trinajstić information content (AvgIpc) is 2.16. The zero-order valence-electron chi connectivity index (χ0n) is 7.56. The molecule has 0 saturated heterocycles. The molecule has 0 saturated carbocycles. The zero-order chi connectivity index (χ0) is 10.6. The van der Waals surface area contributed by atoms with Crippen LogP contribution in [0.5, 0.6) is 0 Å². The molecule has 0 aliphatic carbocycles.